The number of rotatable bonds is 6. The van der Waals surface area contributed by atoms with Crippen molar-refractivity contribution >= 4 is 81.3 Å². The van der Waals surface area contributed by atoms with Gasteiger partial charge < -0.3 is 9.32 Å². The molecule has 2 aromatic heterocycles. The van der Waals surface area contributed by atoms with Gasteiger partial charge in [0.1, 0.15) is 11.2 Å². The molecule has 0 aliphatic rings. The standard InChI is InChI=1S/C52H33NOS/c1-3-12-34(13-4-1)35-22-26-40(27-23-35)53(41-28-24-37(25-29-41)43-19-11-20-45-44-18-9-10-21-49(44)55-52(43)45)47-31-30-42(36-14-5-2-6-15-36)51-50(47)46-32-38-16-7-8-17-39(38)33-48(46)54-51/h1-33H. The van der Waals surface area contributed by atoms with Crippen LogP contribution in [0.1, 0.15) is 0 Å². The van der Waals surface area contributed by atoms with Crippen LogP contribution in [-0.4, -0.2) is 0 Å². The van der Waals surface area contributed by atoms with E-state index in [1.165, 1.54) is 47.8 Å². The molecule has 0 aliphatic heterocycles. The number of hydrogen-bond acceptors (Lipinski definition) is 3. The normalized spacial score (nSPS) is 11.6. The van der Waals surface area contributed by atoms with Crippen LogP contribution >= 0.6 is 11.3 Å². The fraction of sp³-hybridized carbons (Fsp3) is 0. The molecule has 0 fully saturated rings. The molecule has 3 heteroatoms. The Hall–Kier alpha value is -6.94. The Balaban J connectivity index is 1.13. The lowest BCUT2D eigenvalue weighted by atomic mass is 9.98. The topological polar surface area (TPSA) is 16.4 Å². The van der Waals surface area contributed by atoms with Gasteiger partial charge >= 0.3 is 0 Å². The highest BCUT2D eigenvalue weighted by Gasteiger charge is 2.23. The Morgan fingerprint density at radius 1 is 0.400 bits per heavy atom. The van der Waals surface area contributed by atoms with Crippen LogP contribution in [0, 0.1) is 0 Å². The zero-order chi connectivity index (χ0) is 36.3. The lowest BCUT2D eigenvalue weighted by molar-refractivity contribution is 0.670. The van der Waals surface area contributed by atoms with Crippen molar-refractivity contribution < 1.29 is 4.42 Å². The Bertz CT molecular complexity index is 3180. The van der Waals surface area contributed by atoms with Crippen molar-refractivity contribution in [2.75, 3.05) is 4.90 Å². The van der Waals surface area contributed by atoms with Crippen molar-refractivity contribution in [3.8, 4) is 33.4 Å². The summed E-state index contributed by atoms with van der Waals surface area (Å²) in [5.41, 5.74) is 12.0. The SMILES string of the molecule is c1ccc(-c2ccc(N(c3ccc(-c4cccc5c4sc4ccccc45)cc3)c3ccc(-c4ccccc4)c4oc5cc6ccccc6cc5c34)cc2)cc1. The average Bonchev–Trinajstić information content (AvgIpc) is 3.83. The van der Waals surface area contributed by atoms with Crippen molar-refractivity contribution in [3.05, 3.63) is 200 Å². The molecule has 11 aromatic rings. The van der Waals surface area contributed by atoms with Gasteiger partial charge in [-0.3, -0.25) is 0 Å². The lowest BCUT2D eigenvalue weighted by Crippen LogP contribution is -2.10. The lowest BCUT2D eigenvalue weighted by Gasteiger charge is -2.27. The molecule has 0 spiro atoms. The highest BCUT2D eigenvalue weighted by molar-refractivity contribution is 7.26. The van der Waals surface area contributed by atoms with Crippen molar-refractivity contribution in [3.63, 3.8) is 0 Å². The molecule has 55 heavy (non-hydrogen) atoms. The molecule has 0 unspecified atom stereocenters. The smallest absolute Gasteiger partial charge is 0.145 e. The molecular formula is C52H33NOS. The quantitative estimate of drug-likeness (QED) is 0.170. The Morgan fingerprint density at radius 3 is 1.73 bits per heavy atom. The van der Waals surface area contributed by atoms with Crippen LogP contribution in [0.3, 0.4) is 0 Å². The van der Waals surface area contributed by atoms with E-state index in [2.05, 4.69) is 205 Å². The zero-order valence-electron chi connectivity index (χ0n) is 29.8. The molecule has 0 saturated carbocycles. The summed E-state index contributed by atoms with van der Waals surface area (Å²) in [4.78, 5) is 2.39. The second-order valence-corrected chi connectivity index (χ2v) is 15.1. The minimum Gasteiger partial charge on any atom is -0.455 e. The van der Waals surface area contributed by atoms with Crippen molar-refractivity contribution in [1.29, 1.82) is 0 Å². The fourth-order valence-corrected chi connectivity index (χ4v) is 9.44. The number of anilines is 3. The van der Waals surface area contributed by atoms with E-state index in [0.29, 0.717) is 0 Å². The van der Waals surface area contributed by atoms with E-state index >= 15 is 0 Å². The summed E-state index contributed by atoms with van der Waals surface area (Å²) < 4.78 is 9.54. The number of benzene rings is 9. The third-order valence-electron chi connectivity index (χ3n) is 10.9. The maximum absolute atomic E-state index is 6.90. The van der Waals surface area contributed by atoms with Crippen LogP contribution in [-0.2, 0) is 0 Å². The van der Waals surface area contributed by atoms with Gasteiger partial charge in [0, 0.05) is 42.5 Å². The maximum atomic E-state index is 6.90. The maximum Gasteiger partial charge on any atom is 0.145 e. The molecule has 0 aliphatic carbocycles. The zero-order valence-corrected chi connectivity index (χ0v) is 30.6. The van der Waals surface area contributed by atoms with Crippen LogP contribution in [0.15, 0.2) is 205 Å². The van der Waals surface area contributed by atoms with E-state index in [0.717, 1.165) is 55.5 Å². The molecule has 2 nitrogen and oxygen atoms in total. The van der Waals surface area contributed by atoms with Gasteiger partial charge in [0.05, 0.1) is 11.1 Å². The predicted octanol–water partition coefficient (Wildman–Crippen LogP) is 15.6. The summed E-state index contributed by atoms with van der Waals surface area (Å²) in [7, 11) is 0. The van der Waals surface area contributed by atoms with E-state index in [-0.39, 0.29) is 0 Å². The second kappa shape index (κ2) is 12.9. The number of fused-ring (bicyclic) bond motifs is 7. The van der Waals surface area contributed by atoms with Gasteiger partial charge in [-0.2, -0.15) is 0 Å². The Kier molecular flexibility index (Phi) is 7.39. The van der Waals surface area contributed by atoms with Gasteiger partial charge in [-0.25, -0.2) is 0 Å². The first-order chi connectivity index (χ1) is 27.3. The number of hydrogen-bond donors (Lipinski definition) is 0. The first kappa shape index (κ1) is 31.6. The number of nitrogens with zero attached hydrogens (tertiary/aromatic N) is 1. The van der Waals surface area contributed by atoms with Crippen molar-refractivity contribution in [1.82, 2.24) is 0 Å². The summed E-state index contributed by atoms with van der Waals surface area (Å²) in [6, 6.07) is 72.0. The van der Waals surface area contributed by atoms with Gasteiger partial charge in [-0.1, -0.05) is 146 Å². The molecule has 11 rings (SSSR count). The summed E-state index contributed by atoms with van der Waals surface area (Å²) in [6.07, 6.45) is 0. The molecule has 0 saturated heterocycles. The second-order valence-electron chi connectivity index (χ2n) is 14.1. The molecule has 0 N–H and O–H groups in total. The van der Waals surface area contributed by atoms with Crippen LogP contribution in [0.2, 0.25) is 0 Å². The molecule has 0 amide bonds. The Morgan fingerprint density at radius 2 is 0.982 bits per heavy atom. The molecule has 0 radical (unpaired) electrons. The number of furan rings is 1. The molecule has 2 heterocycles. The predicted molar refractivity (Wildman–Crippen MR) is 235 cm³/mol. The summed E-state index contributed by atoms with van der Waals surface area (Å²) in [5, 5.41) is 7.16. The first-order valence-corrected chi connectivity index (χ1v) is 19.5. The molecular weight excluding hydrogens is 687 g/mol. The van der Waals surface area contributed by atoms with Crippen LogP contribution in [0.4, 0.5) is 17.1 Å². The molecule has 9 aromatic carbocycles. The van der Waals surface area contributed by atoms with Crippen LogP contribution in [0.25, 0.3) is 86.3 Å². The van der Waals surface area contributed by atoms with E-state index < -0.39 is 0 Å². The fourth-order valence-electron chi connectivity index (χ4n) is 8.20. The van der Waals surface area contributed by atoms with Gasteiger partial charge in [0.25, 0.3) is 0 Å². The molecule has 258 valence electrons. The highest BCUT2D eigenvalue weighted by atomic mass is 32.1. The third kappa shape index (κ3) is 5.32. The molecule has 0 bridgehead atoms. The highest BCUT2D eigenvalue weighted by Crippen LogP contribution is 2.48. The third-order valence-corrected chi connectivity index (χ3v) is 12.1. The Labute approximate surface area is 322 Å². The summed E-state index contributed by atoms with van der Waals surface area (Å²) in [6.45, 7) is 0. The van der Waals surface area contributed by atoms with E-state index in [9.17, 15) is 0 Å². The largest absolute Gasteiger partial charge is 0.455 e. The van der Waals surface area contributed by atoms with Crippen LogP contribution in [0.5, 0.6) is 0 Å². The summed E-state index contributed by atoms with van der Waals surface area (Å²) >= 11 is 1.87. The average molecular weight is 720 g/mol. The minimum atomic E-state index is 0.879. The van der Waals surface area contributed by atoms with E-state index in [1.807, 2.05) is 11.3 Å². The first-order valence-electron chi connectivity index (χ1n) is 18.7. The van der Waals surface area contributed by atoms with Gasteiger partial charge in [0.2, 0.25) is 0 Å². The van der Waals surface area contributed by atoms with E-state index in [1.54, 1.807) is 0 Å². The number of thiophene rings is 1. The minimum absolute atomic E-state index is 0.879. The van der Waals surface area contributed by atoms with E-state index in [4.69, 9.17) is 4.42 Å². The molecule has 0 atom stereocenters. The van der Waals surface area contributed by atoms with Gasteiger partial charge in [0.15, 0.2) is 0 Å². The van der Waals surface area contributed by atoms with Crippen LogP contribution < -0.4 is 4.90 Å². The summed E-state index contributed by atoms with van der Waals surface area (Å²) in [5.74, 6) is 0. The van der Waals surface area contributed by atoms with Gasteiger partial charge in [-0.05, 0) is 93.2 Å². The monoisotopic (exact) mass is 719 g/mol. The van der Waals surface area contributed by atoms with Gasteiger partial charge in [-0.15, -0.1) is 11.3 Å². The van der Waals surface area contributed by atoms with Crippen molar-refractivity contribution in [2.45, 2.75) is 0 Å². The van der Waals surface area contributed by atoms with Crippen molar-refractivity contribution in [2.24, 2.45) is 0 Å².